The number of amides is 2. The van der Waals surface area contributed by atoms with Gasteiger partial charge in [-0.25, -0.2) is 8.42 Å². The molecular formula is C34H43N3O5S. The zero-order valence-electron chi connectivity index (χ0n) is 25.5. The lowest BCUT2D eigenvalue weighted by molar-refractivity contribution is -0.139. The van der Waals surface area contributed by atoms with Crippen LogP contribution in [0.2, 0.25) is 0 Å². The van der Waals surface area contributed by atoms with Crippen molar-refractivity contribution in [2.45, 2.75) is 82.3 Å². The van der Waals surface area contributed by atoms with Gasteiger partial charge in [0.05, 0.1) is 17.7 Å². The Morgan fingerprint density at radius 3 is 2.21 bits per heavy atom. The van der Waals surface area contributed by atoms with Crippen LogP contribution in [0, 0.1) is 0 Å². The minimum Gasteiger partial charge on any atom is -0.497 e. The molecule has 0 spiro atoms. The molecule has 0 saturated heterocycles. The lowest BCUT2D eigenvalue weighted by Gasteiger charge is -2.33. The van der Waals surface area contributed by atoms with E-state index >= 15 is 0 Å². The first kappa shape index (κ1) is 32.1. The van der Waals surface area contributed by atoms with E-state index in [1.807, 2.05) is 36.4 Å². The first-order valence-electron chi connectivity index (χ1n) is 15.0. The number of hydrogen-bond acceptors (Lipinski definition) is 5. The van der Waals surface area contributed by atoms with E-state index in [1.54, 1.807) is 44.4 Å². The molecule has 0 radical (unpaired) electrons. The number of rotatable bonds is 12. The summed E-state index contributed by atoms with van der Waals surface area (Å²) in [5.41, 5.74) is 2.20. The van der Waals surface area contributed by atoms with Gasteiger partial charge in [-0.05, 0) is 73.2 Å². The number of nitrogens with zero attached hydrogens (tertiary/aromatic N) is 2. The van der Waals surface area contributed by atoms with Crippen LogP contribution in [0.4, 0.5) is 5.69 Å². The maximum absolute atomic E-state index is 14.2. The van der Waals surface area contributed by atoms with Gasteiger partial charge in [0, 0.05) is 12.6 Å². The Bertz CT molecular complexity index is 1470. The molecule has 2 amide bonds. The summed E-state index contributed by atoms with van der Waals surface area (Å²) in [6.45, 7) is 5.47. The highest BCUT2D eigenvalue weighted by Gasteiger charge is 2.33. The molecule has 1 fully saturated rings. The van der Waals surface area contributed by atoms with E-state index in [1.165, 1.54) is 17.0 Å². The number of methoxy groups -OCH3 is 1. The number of ether oxygens (including phenoxy) is 1. The summed E-state index contributed by atoms with van der Waals surface area (Å²) in [5.74, 6) is 0.155. The SMILES string of the molecule is COc1cccc(CN(C(=O)CN(c2ccc(C(C)C)cc2)S(=O)(=O)c2ccccc2)[C@@H](C)C(=O)NC2CCCCC2)c1. The Labute approximate surface area is 256 Å². The van der Waals surface area contributed by atoms with Crippen molar-refractivity contribution in [3.63, 3.8) is 0 Å². The molecule has 230 valence electrons. The lowest BCUT2D eigenvalue weighted by atomic mass is 9.95. The third-order valence-corrected chi connectivity index (χ3v) is 9.85. The van der Waals surface area contributed by atoms with Crippen molar-refractivity contribution in [1.82, 2.24) is 10.2 Å². The average molecular weight is 606 g/mol. The second-order valence-electron chi connectivity index (χ2n) is 11.5. The quantitative estimate of drug-likeness (QED) is 0.278. The highest BCUT2D eigenvalue weighted by molar-refractivity contribution is 7.92. The molecule has 1 saturated carbocycles. The largest absolute Gasteiger partial charge is 0.497 e. The van der Waals surface area contributed by atoms with Crippen molar-refractivity contribution < 1.29 is 22.7 Å². The third kappa shape index (κ3) is 8.16. The summed E-state index contributed by atoms with van der Waals surface area (Å²) in [6.07, 6.45) is 5.11. The van der Waals surface area contributed by atoms with E-state index in [2.05, 4.69) is 19.2 Å². The molecule has 43 heavy (non-hydrogen) atoms. The van der Waals surface area contributed by atoms with Gasteiger partial charge in [0.1, 0.15) is 18.3 Å². The number of nitrogens with one attached hydrogen (secondary N) is 1. The van der Waals surface area contributed by atoms with E-state index in [-0.39, 0.29) is 29.3 Å². The van der Waals surface area contributed by atoms with Crippen LogP contribution in [0.3, 0.4) is 0 Å². The van der Waals surface area contributed by atoms with Crippen LogP contribution in [0.5, 0.6) is 5.75 Å². The van der Waals surface area contributed by atoms with E-state index in [9.17, 15) is 18.0 Å². The van der Waals surface area contributed by atoms with E-state index in [0.29, 0.717) is 11.4 Å². The van der Waals surface area contributed by atoms with Crippen molar-refractivity contribution in [2.24, 2.45) is 0 Å². The van der Waals surface area contributed by atoms with E-state index in [4.69, 9.17) is 4.74 Å². The summed E-state index contributed by atoms with van der Waals surface area (Å²) in [6, 6.07) is 21.9. The monoisotopic (exact) mass is 605 g/mol. The van der Waals surface area contributed by atoms with Crippen LogP contribution in [0.1, 0.15) is 69.9 Å². The zero-order chi connectivity index (χ0) is 31.0. The van der Waals surface area contributed by atoms with Crippen LogP contribution in [0.25, 0.3) is 0 Å². The molecular weight excluding hydrogens is 562 g/mol. The fraction of sp³-hybridized carbons (Fsp3) is 0.412. The molecule has 1 atom stereocenters. The fourth-order valence-electron chi connectivity index (χ4n) is 5.39. The van der Waals surface area contributed by atoms with Crippen LogP contribution < -0.4 is 14.4 Å². The molecule has 1 N–H and O–H groups in total. The topological polar surface area (TPSA) is 96.0 Å². The van der Waals surface area contributed by atoms with Crippen LogP contribution in [-0.4, -0.2) is 50.9 Å². The molecule has 8 nitrogen and oxygen atoms in total. The van der Waals surface area contributed by atoms with Gasteiger partial charge in [-0.3, -0.25) is 13.9 Å². The molecule has 3 aromatic carbocycles. The third-order valence-electron chi connectivity index (χ3n) is 8.06. The second-order valence-corrected chi connectivity index (χ2v) is 13.3. The van der Waals surface area contributed by atoms with Crippen LogP contribution >= 0.6 is 0 Å². The van der Waals surface area contributed by atoms with Crippen molar-refractivity contribution in [1.29, 1.82) is 0 Å². The van der Waals surface area contributed by atoms with Gasteiger partial charge in [-0.15, -0.1) is 0 Å². The Kier molecular flexibility index (Phi) is 10.9. The molecule has 3 aromatic rings. The first-order valence-corrected chi connectivity index (χ1v) is 16.4. The number of hydrogen-bond donors (Lipinski definition) is 1. The van der Waals surface area contributed by atoms with Crippen molar-refractivity contribution >= 4 is 27.5 Å². The summed E-state index contributed by atoms with van der Waals surface area (Å²) < 4.78 is 34.5. The van der Waals surface area contributed by atoms with Gasteiger partial charge in [-0.2, -0.15) is 0 Å². The molecule has 0 heterocycles. The molecule has 9 heteroatoms. The minimum atomic E-state index is -4.10. The first-order chi connectivity index (χ1) is 20.6. The van der Waals surface area contributed by atoms with Crippen LogP contribution in [-0.2, 0) is 26.2 Å². The van der Waals surface area contributed by atoms with Crippen molar-refractivity contribution in [3.8, 4) is 5.75 Å². The Morgan fingerprint density at radius 1 is 0.907 bits per heavy atom. The zero-order valence-corrected chi connectivity index (χ0v) is 26.3. The van der Waals surface area contributed by atoms with Gasteiger partial charge in [0.25, 0.3) is 10.0 Å². The molecule has 4 rings (SSSR count). The minimum absolute atomic E-state index is 0.0758. The molecule has 0 aliphatic heterocycles. The number of carbonyl (C=O) groups is 2. The van der Waals surface area contributed by atoms with Gasteiger partial charge < -0.3 is 15.0 Å². The Morgan fingerprint density at radius 2 is 1.58 bits per heavy atom. The molecule has 0 bridgehead atoms. The van der Waals surface area contributed by atoms with E-state index in [0.717, 1.165) is 47.5 Å². The lowest BCUT2D eigenvalue weighted by Crippen LogP contribution is -2.53. The van der Waals surface area contributed by atoms with Gasteiger partial charge in [0.15, 0.2) is 0 Å². The number of anilines is 1. The summed E-state index contributed by atoms with van der Waals surface area (Å²) in [4.78, 5) is 29.2. The maximum atomic E-state index is 14.2. The predicted molar refractivity (Wildman–Crippen MR) is 170 cm³/mol. The van der Waals surface area contributed by atoms with Gasteiger partial charge >= 0.3 is 0 Å². The van der Waals surface area contributed by atoms with Crippen molar-refractivity contribution in [3.05, 3.63) is 90.0 Å². The average Bonchev–Trinajstić information content (AvgIpc) is 3.03. The van der Waals surface area contributed by atoms with Gasteiger partial charge in [0.2, 0.25) is 11.8 Å². The van der Waals surface area contributed by atoms with Crippen LogP contribution in [0.15, 0.2) is 83.8 Å². The number of carbonyl (C=O) groups excluding carboxylic acids is 2. The molecule has 0 unspecified atom stereocenters. The number of benzene rings is 3. The summed E-state index contributed by atoms with van der Waals surface area (Å²) in [5, 5.41) is 3.13. The predicted octanol–water partition coefficient (Wildman–Crippen LogP) is 5.88. The normalized spacial score (nSPS) is 14.6. The summed E-state index contributed by atoms with van der Waals surface area (Å²) >= 11 is 0. The standard InChI is InChI=1S/C34H43N3O5S/c1-25(2)28-18-20-30(21-19-28)37(43(40,41)32-16-9-6-10-17-32)24-33(38)36(23-27-12-11-15-31(22-27)42-4)26(3)34(39)35-29-13-7-5-8-14-29/h6,9-12,15-22,25-26,29H,5,7-8,13-14,23-24H2,1-4H3,(H,35,39)/t26-/m0/s1. The van der Waals surface area contributed by atoms with E-state index < -0.39 is 28.5 Å². The summed E-state index contributed by atoms with van der Waals surface area (Å²) in [7, 11) is -2.53. The Hall–Kier alpha value is -3.85. The Balaban J connectivity index is 1.68. The fourth-order valence-corrected chi connectivity index (χ4v) is 6.83. The second kappa shape index (κ2) is 14.6. The van der Waals surface area contributed by atoms with Crippen molar-refractivity contribution in [2.75, 3.05) is 18.0 Å². The molecule has 1 aliphatic carbocycles. The molecule has 1 aliphatic rings. The smallest absolute Gasteiger partial charge is 0.264 e. The maximum Gasteiger partial charge on any atom is 0.264 e. The van der Waals surface area contributed by atoms with Gasteiger partial charge in [-0.1, -0.05) is 75.6 Å². The molecule has 0 aromatic heterocycles. The highest BCUT2D eigenvalue weighted by Crippen LogP contribution is 2.27. The highest BCUT2D eigenvalue weighted by atomic mass is 32.2. The number of sulfonamides is 1.